The van der Waals surface area contributed by atoms with Gasteiger partial charge in [-0.2, -0.15) is 0 Å². The number of aryl methyl sites for hydroxylation is 1. The molecular formula is C35H48N8O7. The average Bonchev–Trinajstić information content (AvgIpc) is 3.62. The number of unbranched alkanes of at least 4 members (excludes halogenated alkanes) is 2. The summed E-state index contributed by atoms with van der Waals surface area (Å²) in [6.07, 6.45) is 4.07. The number of aliphatic hydroxyl groups is 1. The van der Waals surface area contributed by atoms with Gasteiger partial charge in [0.15, 0.2) is 6.17 Å². The number of nitrogens with two attached hydrogens (primary N) is 2. The van der Waals surface area contributed by atoms with Gasteiger partial charge in [0.1, 0.15) is 18.1 Å². The largest absolute Gasteiger partial charge is 0.480 e. The van der Waals surface area contributed by atoms with Crippen LogP contribution < -0.4 is 32.7 Å². The van der Waals surface area contributed by atoms with E-state index in [1.165, 1.54) is 25.0 Å². The Morgan fingerprint density at radius 3 is 2.06 bits per heavy atom. The number of nitrogens with one attached hydrogen (secondary N) is 5. The van der Waals surface area contributed by atoms with E-state index in [2.05, 4.69) is 50.3 Å². The second-order valence-corrected chi connectivity index (χ2v) is 12.1. The van der Waals surface area contributed by atoms with Crippen molar-refractivity contribution in [3.8, 4) is 11.1 Å². The lowest BCUT2D eigenvalue weighted by atomic mass is 10.0. The Balaban J connectivity index is 1.68. The van der Waals surface area contributed by atoms with Gasteiger partial charge in [-0.15, -0.1) is 0 Å². The van der Waals surface area contributed by atoms with Crippen molar-refractivity contribution in [2.24, 2.45) is 11.5 Å². The molecule has 2 aromatic carbocycles. The molecule has 5 atom stereocenters. The molecule has 0 saturated carbocycles. The summed E-state index contributed by atoms with van der Waals surface area (Å²) in [6, 6.07) is 11.1. The molecule has 1 heterocycles. The van der Waals surface area contributed by atoms with Crippen LogP contribution in [0.1, 0.15) is 67.6 Å². The van der Waals surface area contributed by atoms with E-state index < -0.39 is 60.0 Å². The van der Waals surface area contributed by atoms with Crippen molar-refractivity contribution < 1.29 is 34.2 Å². The van der Waals surface area contributed by atoms with E-state index in [1.54, 1.807) is 12.1 Å². The van der Waals surface area contributed by atoms with Crippen molar-refractivity contribution in [1.29, 1.82) is 0 Å². The van der Waals surface area contributed by atoms with Gasteiger partial charge in [-0.1, -0.05) is 49.7 Å². The van der Waals surface area contributed by atoms with E-state index in [0.717, 1.165) is 30.4 Å². The maximum atomic E-state index is 13.5. The second-order valence-electron chi connectivity index (χ2n) is 12.1. The molecule has 3 rings (SSSR count). The van der Waals surface area contributed by atoms with Crippen LogP contribution in [0.15, 0.2) is 61.1 Å². The molecular weight excluding hydrogens is 644 g/mol. The summed E-state index contributed by atoms with van der Waals surface area (Å²) in [5.74, 6) is -4.63. The number of carbonyl (C=O) groups is 5. The number of carboxylic acids is 1. The highest BCUT2D eigenvalue weighted by Gasteiger charge is 2.32. The summed E-state index contributed by atoms with van der Waals surface area (Å²) < 4.78 is 0. The zero-order valence-electron chi connectivity index (χ0n) is 28.4. The normalized spacial score (nSPS) is 14.0. The van der Waals surface area contributed by atoms with Gasteiger partial charge < -0.3 is 47.9 Å². The van der Waals surface area contributed by atoms with Gasteiger partial charge >= 0.3 is 5.97 Å². The van der Waals surface area contributed by atoms with Crippen molar-refractivity contribution in [3.63, 3.8) is 0 Å². The molecule has 50 heavy (non-hydrogen) atoms. The Bertz CT molecular complexity index is 1550. The Hall–Kier alpha value is -5.12. The van der Waals surface area contributed by atoms with Crippen molar-refractivity contribution >= 4 is 29.6 Å². The lowest BCUT2D eigenvalue weighted by Gasteiger charge is -2.26. The van der Waals surface area contributed by atoms with Crippen LogP contribution in [0.2, 0.25) is 0 Å². The monoisotopic (exact) mass is 692 g/mol. The summed E-state index contributed by atoms with van der Waals surface area (Å²) in [4.78, 5) is 70.9. The molecule has 0 saturated heterocycles. The van der Waals surface area contributed by atoms with E-state index in [0.29, 0.717) is 30.6 Å². The van der Waals surface area contributed by atoms with Gasteiger partial charge in [-0.3, -0.25) is 19.2 Å². The third-order valence-electron chi connectivity index (χ3n) is 8.06. The molecule has 0 fully saturated rings. The first-order valence-corrected chi connectivity index (χ1v) is 16.7. The molecule has 4 amide bonds. The lowest BCUT2D eigenvalue weighted by Crippen LogP contribution is -2.62. The topological polar surface area (TPSA) is 255 Å². The number of aliphatic carboxylic acids is 1. The minimum atomic E-state index is -1.69. The van der Waals surface area contributed by atoms with Crippen LogP contribution in [0.3, 0.4) is 0 Å². The maximum absolute atomic E-state index is 13.5. The number of H-pyrrole nitrogens is 1. The molecule has 3 aromatic rings. The first-order valence-electron chi connectivity index (χ1n) is 16.7. The highest BCUT2D eigenvalue weighted by atomic mass is 16.4. The maximum Gasteiger partial charge on any atom is 0.326 e. The number of nitrogens with zero attached hydrogens (tertiary/aromatic N) is 1. The van der Waals surface area contributed by atoms with E-state index in [-0.39, 0.29) is 12.8 Å². The fourth-order valence-electron chi connectivity index (χ4n) is 5.11. The number of amides is 4. The first kappa shape index (κ1) is 39.3. The van der Waals surface area contributed by atoms with Gasteiger partial charge in [0.25, 0.3) is 11.8 Å². The molecule has 0 aliphatic carbocycles. The third kappa shape index (κ3) is 12.1. The van der Waals surface area contributed by atoms with Crippen molar-refractivity contribution in [3.05, 3.63) is 77.9 Å². The first-order chi connectivity index (χ1) is 23.9. The number of aromatic amines is 1. The van der Waals surface area contributed by atoms with E-state index in [4.69, 9.17) is 11.5 Å². The van der Waals surface area contributed by atoms with Crippen LogP contribution in [-0.2, 0) is 32.0 Å². The van der Waals surface area contributed by atoms with Crippen LogP contribution in [0.5, 0.6) is 0 Å². The number of imidazole rings is 1. The minimum absolute atomic E-state index is 0.0309. The number of hydrogen-bond acceptors (Lipinski definition) is 9. The van der Waals surface area contributed by atoms with E-state index in [9.17, 15) is 34.2 Å². The number of carbonyl (C=O) groups excluding carboxylic acids is 4. The molecule has 11 N–H and O–H groups in total. The Kier molecular flexibility index (Phi) is 15.5. The van der Waals surface area contributed by atoms with Crippen LogP contribution in [0.25, 0.3) is 11.1 Å². The Morgan fingerprint density at radius 1 is 0.840 bits per heavy atom. The minimum Gasteiger partial charge on any atom is -0.480 e. The van der Waals surface area contributed by atoms with Gasteiger partial charge in [0.2, 0.25) is 11.8 Å². The van der Waals surface area contributed by atoms with Gasteiger partial charge in [0, 0.05) is 23.9 Å². The van der Waals surface area contributed by atoms with Crippen LogP contribution in [0, 0.1) is 0 Å². The molecule has 0 radical (unpaired) electrons. The second kappa shape index (κ2) is 19.8. The third-order valence-corrected chi connectivity index (χ3v) is 8.06. The predicted octanol–water partition coefficient (Wildman–Crippen LogP) is 0.725. The summed E-state index contributed by atoms with van der Waals surface area (Å²) in [5, 5.41) is 29.4. The molecule has 0 aliphatic rings. The van der Waals surface area contributed by atoms with Crippen molar-refractivity contribution in [1.82, 2.24) is 31.2 Å². The molecule has 0 aliphatic heterocycles. The van der Waals surface area contributed by atoms with E-state index in [1.807, 2.05) is 24.3 Å². The molecule has 0 spiro atoms. The number of carboxylic acid groups (broad SMARTS) is 1. The lowest BCUT2D eigenvalue weighted by molar-refractivity contribution is -0.142. The molecule has 1 aromatic heterocycles. The standard InChI is InChI=1S/C35H48N8O7/c1-3-4-7-22-9-11-23(12-10-22)24-13-15-25(16-14-24)31(45)41-28(18-26-19-38-20-39-26)32(46)42-29(21(2)44)33(47)43-30(37)34(48)40-27(35(49)50)8-5-6-17-36/h9-16,19-21,27-30,44H,3-8,17-18,36-37H2,1-2H3,(H,38,39)(H,40,48)(H,41,45)(H,42,46)(H,43,47)(H,49,50)/t21-,27+,28+,29+,30-/m1/s1. The van der Waals surface area contributed by atoms with Crippen LogP contribution in [-0.4, -0.2) is 86.7 Å². The van der Waals surface area contributed by atoms with Crippen LogP contribution in [0.4, 0.5) is 0 Å². The van der Waals surface area contributed by atoms with Crippen molar-refractivity contribution in [2.75, 3.05) is 6.54 Å². The summed E-state index contributed by atoms with van der Waals surface area (Å²) in [7, 11) is 0. The Morgan fingerprint density at radius 2 is 1.50 bits per heavy atom. The van der Waals surface area contributed by atoms with Gasteiger partial charge in [-0.05, 0) is 74.4 Å². The zero-order valence-corrected chi connectivity index (χ0v) is 28.4. The number of benzene rings is 2. The average molecular weight is 693 g/mol. The van der Waals surface area contributed by atoms with Gasteiger partial charge in [-0.25, -0.2) is 9.78 Å². The smallest absolute Gasteiger partial charge is 0.326 e. The molecule has 0 unspecified atom stereocenters. The summed E-state index contributed by atoms with van der Waals surface area (Å²) in [5.41, 5.74) is 15.2. The zero-order chi connectivity index (χ0) is 36.6. The number of aliphatic hydroxyl groups excluding tert-OH is 1. The molecule has 270 valence electrons. The van der Waals surface area contributed by atoms with Crippen molar-refractivity contribution in [2.45, 2.75) is 89.2 Å². The highest BCUT2D eigenvalue weighted by molar-refractivity contribution is 5.99. The van der Waals surface area contributed by atoms with Gasteiger partial charge in [0.05, 0.1) is 12.4 Å². The summed E-state index contributed by atoms with van der Waals surface area (Å²) >= 11 is 0. The molecule has 15 nitrogen and oxygen atoms in total. The SMILES string of the molecule is CCCCc1ccc(-c2ccc(C(=O)N[C@@H](Cc3cnc[nH]3)C(=O)N[C@H](C(=O)N[C@@H](N)C(=O)N[C@@H](CCCCN)C(=O)O)[C@@H](C)O)cc2)cc1. The predicted molar refractivity (Wildman–Crippen MR) is 186 cm³/mol. The quantitative estimate of drug-likeness (QED) is 0.0592. The molecule has 0 bridgehead atoms. The Labute approximate surface area is 291 Å². The number of rotatable bonds is 20. The fraction of sp³-hybridized carbons (Fsp3) is 0.429. The highest BCUT2D eigenvalue weighted by Crippen LogP contribution is 2.21. The number of aromatic nitrogens is 2. The molecule has 15 heteroatoms. The van der Waals surface area contributed by atoms with Crippen LogP contribution >= 0.6 is 0 Å². The van der Waals surface area contributed by atoms with E-state index >= 15 is 0 Å². The fourth-order valence-corrected chi connectivity index (χ4v) is 5.11. The summed E-state index contributed by atoms with van der Waals surface area (Å²) in [6.45, 7) is 3.76. The number of hydrogen-bond donors (Lipinski definition) is 9.